The highest BCUT2D eigenvalue weighted by atomic mass is 35.5. The molecule has 2 aromatic rings. The first-order chi connectivity index (χ1) is 9.20. The Balaban J connectivity index is 2.38. The van der Waals surface area contributed by atoms with E-state index >= 15 is 0 Å². The minimum absolute atomic E-state index is 0.194. The fourth-order valence-corrected chi connectivity index (χ4v) is 1.71. The highest BCUT2D eigenvalue weighted by Crippen LogP contribution is 2.34. The number of rotatable bonds is 4. The maximum atomic E-state index is 5.83. The Morgan fingerprint density at radius 3 is 2.58 bits per heavy atom. The van der Waals surface area contributed by atoms with Crippen LogP contribution in [0.1, 0.15) is 5.56 Å². The number of benzene rings is 2. The number of amidine groups is 1. The molecule has 3 nitrogen and oxygen atoms in total. The van der Waals surface area contributed by atoms with Crippen molar-refractivity contribution >= 4 is 23.1 Å². The highest BCUT2D eigenvalue weighted by molar-refractivity contribution is 6.28. The molecule has 0 heterocycles. The van der Waals surface area contributed by atoms with Gasteiger partial charge in [0, 0.05) is 0 Å². The molecule has 0 aromatic heterocycles. The lowest BCUT2D eigenvalue weighted by Crippen LogP contribution is -2.12. The van der Waals surface area contributed by atoms with Crippen molar-refractivity contribution in [3.05, 3.63) is 54.1 Å². The predicted molar refractivity (Wildman–Crippen MR) is 79.7 cm³/mol. The SMILES string of the molecule is Cc1cccc(Oc2ccccc2)c1N=C(N)CCl. The lowest BCUT2D eigenvalue weighted by molar-refractivity contribution is 0.483. The van der Waals surface area contributed by atoms with Gasteiger partial charge >= 0.3 is 0 Å². The topological polar surface area (TPSA) is 47.6 Å². The van der Waals surface area contributed by atoms with Crippen LogP contribution < -0.4 is 10.5 Å². The molecule has 0 amide bonds. The van der Waals surface area contributed by atoms with Gasteiger partial charge in [-0.2, -0.15) is 0 Å². The van der Waals surface area contributed by atoms with E-state index < -0.39 is 0 Å². The highest BCUT2D eigenvalue weighted by Gasteiger charge is 2.07. The Labute approximate surface area is 117 Å². The molecule has 4 heteroatoms. The average Bonchev–Trinajstić information content (AvgIpc) is 2.43. The average molecular weight is 275 g/mol. The maximum Gasteiger partial charge on any atom is 0.153 e. The fourth-order valence-electron chi connectivity index (χ4n) is 1.65. The van der Waals surface area contributed by atoms with Gasteiger partial charge in [0.15, 0.2) is 5.75 Å². The summed E-state index contributed by atoms with van der Waals surface area (Å²) in [5.41, 5.74) is 7.40. The number of nitrogens with two attached hydrogens (primary N) is 1. The first-order valence-corrected chi connectivity index (χ1v) is 6.45. The van der Waals surface area contributed by atoms with Crippen molar-refractivity contribution in [2.24, 2.45) is 10.7 Å². The summed E-state index contributed by atoms with van der Waals surface area (Å²) in [4.78, 5) is 4.31. The van der Waals surface area contributed by atoms with E-state index in [1.54, 1.807) is 0 Å². The van der Waals surface area contributed by atoms with Crippen LogP contribution in [0.3, 0.4) is 0 Å². The molecule has 2 rings (SSSR count). The molecule has 0 bridgehead atoms. The van der Waals surface area contributed by atoms with Crippen molar-refractivity contribution < 1.29 is 4.74 Å². The van der Waals surface area contributed by atoms with Gasteiger partial charge in [0.2, 0.25) is 0 Å². The molecular weight excluding hydrogens is 260 g/mol. The van der Waals surface area contributed by atoms with Crippen molar-refractivity contribution in [1.29, 1.82) is 0 Å². The Morgan fingerprint density at radius 1 is 1.16 bits per heavy atom. The van der Waals surface area contributed by atoms with Crippen LogP contribution in [-0.4, -0.2) is 11.7 Å². The minimum Gasteiger partial charge on any atom is -0.455 e. The van der Waals surface area contributed by atoms with Gasteiger partial charge in [0.1, 0.15) is 17.3 Å². The van der Waals surface area contributed by atoms with Crippen LogP contribution in [0.5, 0.6) is 11.5 Å². The van der Waals surface area contributed by atoms with Gasteiger partial charge in [-0.05, 0) is 30.7 Å². The molecule has 0 radical (unpaired) electrons. The van der Waals surface area contributed by atoms with Gasteiger partial charge in [0.05, 0.1) is 5.88 Å². The standard InChI is InChI=1S/C15H15ClN2O/c1-11-6-5-9-13(15(11)18-14(17)10-16)19-12-7-3-2-4-8-12/h2-9H,10H2,1H3,(H2,17,18). The van der Waals surface area contributed by atoms with E-state index in [1.165, 1.54) is 0 Å². The summed E-state index contributed by atoms with van der Waals surface area (Å²) in [6, 6.07) is 15.3. The zero-order valence-electron chi connectivity index (χ0n) is 10.6. The number of ether oxygens (including phenoxy) is 1. The minimum atomic E-state index is 0.194. The summed E-state index contributed by atoms with van der Waals surface area (Å²) >= 11 is 5.67. The number of nitrogens with zero attached hydrogens (tertiary/aromatic N) is 1. The van der Waals surface area contributed by atoms with Gasteiger partial charge in [-0.15, -0.1) is 11.6 Å². The zero-order chi connectivity index (χ0) is 13.7. The summed E-state index contributed by atoms with van der Waals surface area (Å²) in [5.74, 6) is 1.99. The number of hydrogen-bond acceptors (Lipinski definition) is 2. The Morgan fingerprint density at radius 2 is 1.89 bits per heavy atom. The van der Waals surface area contributed by atoms with Crippen LogP contribution in [-0.2, 0) is 0 Å². The van der Waals surface area contributed by atoms with E-state index in [0.29, 0.717) is 17.3 Å². The molecule has 98 valence electrons. The summed E-state index contributed by atoms with van der Waals surface area (Å²) in [5, 5.41) is 0. The molecule has 0 aliphatic heterocycles. The molecule has 0 saturated carbocycles. The molecule has 0 fully saturated rings. The number of aliphatic imine (C=N–C) groups is 1. The van der Waals surface area contributed by atoms with Crippen molar-refractivity contribution in [1.82, 2.24) is 0 Å². The van der Waals surface area contributed by atoms with E-state index in [0.717, 1.165) is 11.3 Å². The summed E-state index contributed by atoms with van der Waals surface area (Å²) in [6.45, 7) is 1.96. The van der Waals surface area contributed by atoms with Gasteiger partial charge in [0.25, 0.3) is 0 Å². The third-order valence-electron chi connectivity index (χ3n) is 2.56. The molecule has 0 unspecified atom stereocenters. The number of alkyl halides is 1. The smallest absolute Gasteiger partial charge is 0.153 e. The number of hydrogen-bond donors (Lipinski definition) is 1. The predicted octanol–water partition coefficient (Wildman–Crippen LogP) is 4.01. The van der Waals surface area contributed by atoms with Gasteiger partial charge in [-0.1, -0.05) is 30.3 Å². The maximum absolute atomic E-state index is 5.83. The monoisotopic (exact) mass is 274 g/mol. The van der Waals surface area contributed by atoms with E-state index in [4.69, 9.17) is 22.1 Å². The first-order valence-electron chi connectivity index (χ1n) is 5.92. The Bertz CT molecular complexity index is 582. The van der Waals surface area contributed by atoms with Crippen molar-refractivity contribution in [2.75, 3.05) is 5.88 Å². The molecular formula is C15H15ClN2O. The molecule has 2 aromatic carbocycles. The molecule has 2 N–H and O–H groups in total. The lowest BCUT2D eigenvalue weighted by atomic mass is 10.2. The van der Waals surface area contributed by atoms with E-state index in [-0.39, 0.29) is 5.88 Å². The number of halogens is 1. The van der Waals surface area contributed by atoms with E-state index in [1.807, 2.05) is 55.5 Å². The van der Waals surface area contributed by atoms with Crippen molar-refractivity contribution in [2.45, 2.75) is 6.92 Å². The van der Waals surface area contributed by atoms with Crippen LogP contribution in [0.25, 0.3) is 0 Å². The molecule has 0 spiro atoms. The summed E-state index contributed by atoms with van der Waals surface area (Å²) < 4.78 is 5.83. The summed E-state index contributed by atoms with van der Waals surface area (Å²) in [6.07, 6.45) is 0. The van der Waals surface area contributed by atoms with Crippen molar-refractivity contribution in [3.63, 3.8) is 0 Å². The second kappa shape index (κ2) is 6.25. The quantitative estimate of drug-likeness (QED) is 0.520. The van der Waals surface area contributed by atoms with Gasteiger partial charge in [-0.3, -0.25) is 0 Å². The third kappa shape index (κ3) is 3.48. The number of aryl methyl sites for hydroxylation is 1. The van der Waals surface area contributed by atoms with Crippen LogP contribution >= 0.6 is 11.6 Å². The van der Waals surface area contributed by atoms with E-state index in [2.05, 4.69) is 4.99 Å². The van der Waals surface area contributed by atoms with Crippen LogP contribution in [0.4, 0.5) is 5.69 Å². The fraction of sp³-hybridized carbons (Fsp3) is 0.133. The number of para-hydroxylation sites is 2. The second-order valence-corrected chi connectivity index (χ2v) is 4.34. The normalized spacial score (nSPS) is 11.4. The molecule has 0 aliphatic carbocycles. The first kappa shape index (κ1) is 13.4. The zero-order valence-corrected chi connectivity index (χ0v) is 11.4. The third-order valence-corrected chi connectivity index (χ3v) is 2.84. The van der Waals surface area contributed by atoms with Gasteiger partial charge in [-0.25, -0.2) is 4.99 Å². The molecule has 0 aliphatic rings. The van der Waals surface area contributed by atoms with Crippen molar-refractivity contribution in [3.8, 4) is 11.5 Å². The second-order valence-electron chi connectivity index (χ2n) is 4.07. The lowest BCUT2D eigenvalue weighted by Gasteiger charge is -2.10. The van der Waals surface area contributed by atoms with Crippen LogP contribution in [0, 0.1) is 6.92 Å². The molecule has 19 heavy (non-hydrogen) atoms. The molecule has 0 atom stereocenters. The molecule has 0 saturated heterocycles. The Hall–Kier alpha value is -2.00. The van der Waals surface area contributed by atoms with Crippen LogP contribution in [0.15, 0.2) is 53.5 Å². The Kier molecular flexibility index (Phi) is 4.42. The van der Waals surface area contributed by atoms with Crippen LogP contribution in [0.2, 0.25) is 0 Å². The van der Waals surface area contributed by atoms with E-state index in [9.17, 15) is 0 Å². The largest absolute Gasteiger partial charge is 0.455 e. The van der Waals surface area contributed by atoms with Gasteiger partial charge < -0.3 is 10.5 Å². The summed E-state index contributed by atoms with van der Waals surface area (Å²) in [7, 11) is 0.